The molecule has 0 spiro atoms. The molecule has 0 aromatic heterocycles. The van der Waals surface area contributed by atoms with Gasteiger partial charge in [0.1, 0.15) is 0 Å². The Bertz CT molecular complexity index is 687. The van der Waals surface area contributed by atoms with Crippen LogP contribution < -0.4 is 0 Å². The number of benzene rings is 1. The van der Waals surface area contributed by atoms with Gasteiger partial charge in [0.25, 0.3) is 0 Å². The quantitative estimate of drug-likeness (QED) is 0.766. The molecule has 29 heavy (non-hydrogen) atoms. The van der Waals surface area contributed by atoms with Gasteiger partial charge in [-0.2, -0.15) is 0 Å². The average molecular weight is 398 g/mol. The summed E-state index contributed by atoms with van der Waals surface area (Å²) >= 11 is 0. The van der Waals surface area contributed by atoms with Crippen molar-refractivity contribution in [2.75, 3.05) is 32.7 Å². The molecule has 0 bridgehead atoms. The molecule has 5 heteroatoms. The number of carbonyl (C=O) groups is 2. The van der Waals surface area contributed by atoms with Crippen LogP contribution in [0.15, 0.2) is 30.3 Å². The van der Waals surface area contributed by atoms with Gasteiger partial charge < -0.3 is 9.80 Å². The second-order valence-electron chi connectivity index (χ2n) is 9.03. The molecule has 5 nitrogen and oxygen atoms in total. The number of rotatable bonds is 5. The van der Waals surface area contributed by atoms with Gasteiger partial charge in [0, 0.05) is 45.7 Å². The summed E-state index contributed by atoms with van der Waals surface area (Å²) in [5, 5.41) is 0. The molecule has 1 aromatic carbocycles. The summed E-state index contributed by atoms with van der Waals surface area (Å²) in [7, 11) is 0. The number of carbonyl (C=O) groups excluding carboxylic acids is 2. The van der Waals surface area contributed by atoms with E-state index in [0.29, 0.717) is 18.4 Å². The largest absolute Gasteiger partial charge is 0.341 e. The number of nitrogens with zero attached hydrogens (tertiary/aromatic N) is 3. The minimum atomic E-state index is -0.00731. The van der Waals surface area contributed by atoms with Crippen molar-refractivity contribution in [3.8, 4) is 0 Å². The number of hydrogen-bond donors (Lipinski definition) is 0. The van der Waals surface area contributed by atoms with Crippen molar-refractivity contribution in [3.05, 3.63) is 35.9 Å². The summed E-state index contributed by atoms with van der Waals surface area (Å²) in [5.74, 6) is 1.19. The maximum Gasteiger partial charge on any atom is 0.240 e. The molecule has 3 fully saturated rings. The van der Waals surface area contributed by atoms with Crippen LogP contribution in [0.3, 0.4) is 0 Å². The molecule has 1 atom stereocenters. The van der Waals surface area contributed by atoms with E-state index in [1.54, 1.807) is 0 Å². The molecule has 4 rings (SSSR count). The molecular weight excluding hydrogens is 362 g/mol. The molecule has 2 heterocycles. The second kappa shape index (κ2) is 9.75. The van der Waals surface area contributed by atoms with Crippen LogP contribution in [0, 0.1) is 5.92 Å². The van der Waals surface area contributed by atoms with E-state index in [2.05, 4.69) is 21.9 Å². The Labute approximate surface area is 175 Å². The molecule has 1 saturated carbocycles. The molecule has 2 aliphatic heterocycles. The fourth-order valence-corrected chi connectivity index (χ4v) is 5.29. The van der Waals surface area contributed by atoms with Crippen molar-refractivity contribution in [3.63, 3.8) is 0 Å². The minimum Gasteiger partial charge on any atom is -0.341 e. The van der Waals surface area contributed by atoms with Crippen molar-refractivity contribution in [1.29, 1.82) is 0 Å². The zero-order chi connectivity index (χ0) is 20.1. The molecule has 2 amide bonds. The molecule has 1 aromatic rings. The molecule has 158 valence electrons. The second-order valence-corrected chi connectivity index (χ2v) is 9.03. The van der Waals surface area contributed by atoms with E-state index in [-0.39, 0.29) is 11.9 Å². The zero-order valence-corrected chi connectivity index (χ0v) is 17.6. The zero-order valence-electron chi connectivity index (χ0n) is 17.6. The molecule has 1 aliphatic carbocycles. The first kappa shape index (κ1) is 20.4. The van der Waals surface area contributed by atoms with Crippen LogP contribution in [0.25, 0.3) is 0 Å². The first-order valence-electron chi connectivity index (χ1n) is 11.6. The molecule has 2 saturated heterocycles. The fourth-order valence-electron chi connectivity index (χ4n) is 5.29. The van der Waals surface area contributed by atoms with Crippen LogP contribution in [0.5, 0.6) is 0 Å². The maximum absolute atomic E-state index is 13.0. The Morgan fingerprint density at radius 1 is 0.862 bits per heavy atom. The van der Waals surface area contributed by atoms with Crippen LogP contribution in [-0.2, 0) is 16.1 Å². The first-order chi connectivity index (χ1) is 14.2. The first-order valence-corrected chi connectivity index (χ1v) is 11.6. The van der Waals surface area contributed by atoms with Crippen LogP contribution in [0.2, 0.25) is 0 Å². The molecule has 0 radical (unpaired) electrons. The van der Waals surface area contributed by atoms with Crippen LogP contribution in [0.1, 0.15) is 56.9 Å². The Kier molecular flexibility index (Phi) is 6.86. The summed E-state index contributed by atoms with van der Waals surface area (Å²) in [6.07, 6.45) is 8.96. The van der Waals surface area contributed by atoms with Crippen molar-refractivity contribution in [2.24, 2.45) is 5.92 Å². The average Bonchev–Trinajstić information content (AvgIpc) is 2.95. The summed E-state index contributed by atoms with van der Waals surface area (Å²) < 4.78 is 0. The molecule has 1 unspecified atom stereocenters. The third kappa shape index (κ3) is 5.19. The van der Waals surface area contributed by atoms with Gasteiger partial charge in [-0.3, -0.25) is 14.5 Å². The van der Waals surface area contributed by atoms with Gasteiger partial charge in [0.05, 0.1) is 6.04 Å². The standard InChI is InChI=1S/C24H35N3O2/c28-23(18-20-8-3-1-4-9-20)26-14-7-13-25(16-17-26)22-12-15-27(24(22)29)19-21-10-5-2-6-11-21/h2,5-6,10-11,20,22H,1,3-4,7-9,12-19H2. The van der Waals surface area contributed by atoms with Gasteiger partial charge in [0.15, 0.2) is 0 Å². The van der Waals surface area contributed by atoms with Gasteiger partial charge in [-0.05, 0) is 37.2 Å². The number of amides is 2. The third-order valence-electron chi connectivity index (χ3n) is 7.00. The van der Waals surface area contributed by atoms with E-state index in [4.69, 9.17) is 0 Å². The van der Waals surface area contributed by atoms with Crippen LogP contribution in [-0.4, -0.2) is 65.3 Å². The SMILES string of the molecule is O=C(CC1CCCCC1)N1CCCN(C2CCN(Cc3ccccc3)C2=O)CC1. The van der Waals surface area contributed by atoms with E-state index >= 15 is 0 Å². The van der Waals surface area contributed by atoms with E-state index in [9.17, 15) is 9.59 Å². The van der Waals surface area contributed by atoms with E-state index in [1.807, 2.05) is 23.1 Å². The Hall–Kier alpha value is -1.88. The minimum absolute atomic E-state index is 0.00731. The Morgan fingerprint density at radius 2 is 1.66 bits per heavy atom. The highest BCUT2D eigenvalue weighted by Gasteiger charge is 2.36. The summed E-state index contributed by atoms with van der Waals surface area (Å²) in [6, 6.07) is 10.2. The normalized spacial score (nSPS) is 24.7. The van der Waals surface area contributed by atoms with E-state index in [1.165, 1.54) is 37.7 Å². The highest BCUT2D eigenvalue weighted by Crippen LogP contribution is 2.27. The van der Waals surface area contributed by atoms with Crippen LogP contribution >= 0.6 is 0 Å². The van der Waals surface area contributed by atoms with Gasteiger partial charge in [-0.25, -0.2) is 0 Å². The Balaban J connectivity index is 1.28. The molecule has 3 aliphatic rings. The van der Waals surface area contributed by atoms with E-state index < -0.39 is 0 Å². The highest BCUT2D eigenvalue weighted by molar-refractivity contribution is 5.84. The number of hydrogen-bond acceptors (Lipinski definition) is 3. The predicted molar refractivity (Wildman–Crippen MR) is 114 cm³/mol. The monoisotopic (exact) mass is 397 g/mol. The van der Waals surface area contributed by atoms with Gasteiger partial charge in [0.2, 0.25) is 11.8 Å². The van der Waals surface area contributed by atoms with Crippen LogP contribution in [0.4, 0.5) is 0 Å². The van der Waals surface area contributed by atoms with Crippen molar-refractivity contribution >= 4 is 11.8 Å². The lowest BCUT2D eigenvalue weighted by Gasteiger charge is -2.28. The lowest BCUT2D eigenvalue weighted by Crippen LogP contribution is -2.44. The highest BCUT2D eigenvalue weighted by atomic mass is 16.2. The third-order valence-corrected chi connectivity index (χ3v) is 7.00. The Morgan fingerprint density at radius 3 is 2.45 bits per heavy atom. The van der Waals surface area contributed by atoms with Crippen molar-refractivity contribution < 1.29 is 9.59 Å². The summed E-state index contributed by atoms with van der Waals surface area (Å²) in [6.45, 7) is 4.90. The van der Waals surface area contributed by atoms with Crippen molar-refractivity contribution in [2.45, 2.75) is 64.0 Å². The maximum atomic E-state index is 13.0. The topological polar surface area (TPSA) is 43.9 Å². The fraction of sp³-hybridized carbons (Fsp3) is 0.667. The molecule has 0 N–H and O–H groups in total. The summed E-state index contributed by atoms with van der Waals surface area (Å²) in [5.41, 5.74) is 1.19. The van der Waals surface area contributed by atoms with Gasteiger partial charge >= 0.3 is 0 Å². The van der Waals surface area contributed by atoms with Crippen molar-refractivity contribution in [1.82, 2.24) is 14.7 Å². The summed E-state index contributed by atoms with van der Waals surface area (Å²) in [4.78, 5) is 32.2. The van der Waals surface area contributed by atoms with Gasteiger partial charge in [-0.15, -0.1) is 0 Å². The number of likely N-dealkylation sites (tertiary alicyclic amines) is 1. The molecular formula is C24H35N3O2. The lowest BCUT2D eigenvalue weighted by molar-refractivity contribution is -0.132. The van der Waals surface area contributed by atoms with E-state index in [0.717, 1.165) is 52.0 Å². The smallest absolute Gasteiger partial charge is 0.240 e. The predicted octanol–water partition coefficient (Wildman–Crippen LogP) is 3.29. The lowest BCUT2D eigenvalue weighted by atomic mass is 9.86. The van der Waals surface area contributed by atoms with Gasteiger partial charge in [-0.1, -0.05) is 49.6 Å².